The van der Waals surface area contributed by atoms with E-state index in [-0.39, 0.29) is 0 Å². The van der Waals surface area contributed by atoms with Crippen LogP contribution in [0.2, 0.25) is 0 Å². The van der Waals surface area contributed by atoms with E-state index >= 15 is 0 Å². The van der Waals surface area contributed by atoms with Gasteiger partial charge >= 0.3 is 0 Å². The Morgan fingerprint density at radius 1 is 1.28 bits per heavy atom. The smallest absolute Gasteiger partial charge is 0.0549 e. The fourth-order valence-electron chi connectivity index (χ4n) is 3.00. The maximum absolute atomic E-state index is 4.27. The standard InChI is InChI=1S/C13H23N5/c1-11(13-3-4-15-16(13)2)17-5-7-18(8-6-17)12-9-14-10-12/h3-4,11-12,14H,5-10H2,1-2H3. The summed E-state index contributed by atoms with van der Waals surface area (Å²) >= 11 is 0. The fraction of sp³-hybridized carbons (Fsp3) is 0.769. The Morgan fingerprint density at radius 3 is 2.50 bits per heavy atom. The molecule has 100 valence electrons. The third-order valence-electron chi connectivity index (χ3n) is 4.46. The number of aromatic nitrogens is 2. The predicted octanol–water partition coefficient (Wildman–Crippen LogP) is 0.0705. The van der Waals surface area contributed by atoms with Crippen molar-refractivity contribution in [1.82, 2.24) is 24.9 Å². The van der Waals surface area contributed by atoms with Gasteiger partial charge in [-0.1, -0.05) is 0 Å². The van der Waals surface area contributed by atoms with Gasteiger partial charge in [0.25, 0.3) is 0 Å². The van der Waals surface area contributed by atoms with Crippen LogP contribution in [0.4, 0.5) is 0 Å². The minimum Gasteiger partial charge on any atom is -0.314 e. The molecule has 2 aliphatic rings. The molecule has 1 N–H and O–H groups in total. The average molecular weight is 249 g/mol. The van der Waals surface area contributed by atoms with Gasteiger partial charge in [0.05, 0.1) is 5.69 Å². The van der Waals surface area contributed by atoms with E-state index in [9.17, 15) is 0 Å². The molecule has 3 rings (SSSR count). The largest absolute Gasteiger partial charge is 0.314 e. The molecule has 1 aromatic heterocycles. The fourth-order valence-corrected chi connectivity index (χ4v) is 3.00. The topological polar surface area (TPSA) is 36.3 Å². The Balaban J connectivity index is 1.57. The van der Waals surface area contributed by atoms with Crippen LogP contribution >= 0.6 is 0 Å². The number of rotatable bonds is 3. The highest BCUT2D eigenvalue weighted by molar-refractivity contribution is 5.06. The molecule has 0 saturated carbocycles. The first-order valence-electron chi connectivity index (χ1n) is 6.92. The first kappa shape index (κ1) is 12.1. The molecule has 5 heteroatoms. The number of aryl methyl sites for hydroxylation is 1. The molecule has 0 spiro atoms. The average Bonchev–Trinajstić information content (AvgIpc) is 2.73. The zero-order chi connectivity index (χ0) is 12.5. The van der Waals surface area contributed by atoms with E-state index in [0.717, 1.165) is 6.04 Å². The Morgan fingerprint density at radius 2 is 2.00 bits per heavy atom. The second-order valence-electron chi connectivity index (χ2n) is 5.44. The summed E-state index contributed by atoms with van der Waals surface area (Å²) in [7, 11) is 2.03. The lowest BCUT2D eigenvalue weighted by atomic mass is 10.1. The molecule has 18 heavy (non-hydrogen) atoms. The monoisotopic (exact) mass is 249 g/mol. The van der Waals surface area contributed by atoms with Gasteiger partial charge in [-0.3, -0.25) is 14.5 Å². The predicted molar refractivity (Wildman–Crippen MR) is 71.4 cm³/mol. The van der Waals surface area contributed by atoms with Crippen molar-refractivity contribution in [3.8, 4) is 0 Å². The van der Waals surface area contributed by atoms with Crippen LogP contribution in [0.3, 0.4) is 0 Å². The number of nitrogens with one attached hydrogen (secondary N) is 1. The van der Waals surface area contributed by atoms with Crippen molar-refractivity contribution in [1.29, 1.82) is 0 Å². The van der Waals surface area contributed by atoms with Crippen LogP contribution in [0.15, 0.2) is 12.3 Å². The Kier molecular flexibility index (Phi) is 3.37. The van der Waals surface area contributed by atoms with Crippen molar-refractivity contribution < 1.29 is 0 Å². The molecular weight excluding hydrogens is 226 g/mol. The Labute approximate surface area is 109 Å². The molecule has 2 aliphatic heterocycles. The van der Waals surface area contributed by atoms with Gasteiger partial charge in [0.15, 0.2) is 0 Å². The van der Waals surface area contributed by atoms with Gasteiger partial charge in [0.2, 0.25) is 0 Å². The maximum atomic E-state index is 4.27. The van der Waals surface area contributed by atoms with Gasteiger partial charge in [0, 0.05) is 64.6 Å². The van der Waals surface area contributed by atoms with Crippen LogP contribution < -0.4 is 5.32 Å². The molecule has 3 heterocycles. The van der Waals surface area contributed by atoms with Crippen LogP contribution in [0.5, 0.6) is 0 Å². The van der Waals surface area contributed by atoms with E-state index in [1.807, 2.05) is 17.9 Å². The van der Waals surface area contributed by atoms with Gasteiger partial charge in [-0.15, -0.1) is 0 Å². The minimum absolute atomic E-state index is 0.471. The quantitative estimate of drug-likeness (QED) is 0.822. The van der Waals surface area contributed by atoms with Gasteiger partial charge in [-0.05, 0) is 13.0 Å². The van der Waals surface area contributed by atoms with E-state index in [0.29, 0.717) is 6.04 Å². The van der Waals surface area contributed by atoms with E-state index in [4.69, 9.17) is 0 Å². The second-order valence-corrected chi connectivity index (χ2v) is 5.44. The molecule has 2 fully saturated rings. The van der Waals surface area contributed by atoms with E-state index in [1.54, 1.807) is 0 Å². The highest BCUT2D eigenvalue weighted by atomic mass is 15.3. The summed E-state index contributed by atoms with van der Waals surface area (Å²) in [6.07, 6.45) is 1.89. The summed E-state index contributed by atoms with van der Waals surface area (Å²) < 4.78 is 1.99. The number of hydrogen-bond acceptors (Lipinski definition) is 4. The van der Waals surface area contributed by atoms with Crippen LogP contribution in [0.1, 0.15) is 18.7 Å². The highest BCUT2D eigenvalue weighted by Crippen LogP contribution is 2.21. The zero-order valence-corrected chi connectivity index (χ0v) is 11.3. The molecule has 2 saturated heterocycles. The third-order valence-corrected chi connectivity index (χ3v) is 4.46. The second kappa shape index (κ2) is 4.99. The molecule has 0 radical (unpaired) electrons. The lowest BCUT2D eigenvalue weighted by Crippen LogP contribution is -2.61. The van der Waals surface area contributed by atoms with Crippen molar-refractivity contribution in [2.24, 2.45) is 7.05 Å². The molecular formula is C13H23N5. The lowest BCUT2D eigenvalue weighted by Gasteiger charge is -2.44. The summed E-state index contributed by atoms with van der Waals surface area (Å²) in [6.45, 7) is 9.39. The summed E-state index contributed by atoms with van der Waals surface area (Å²) in [5.41, 5.74) is 1.31. The lowest BCUT2D eigenvalue weighted by molar-refractivity contribution is 0.0535. The maximum Gasteiger partial charge on any atom is 0.0549 e. The SMILES string of the molecule is CC(c1ccnn1C)N1CCN(C2CNC2)CC1. The first-order chi connectivity index (χ1) is 8.75. The van der Waals surface area contributed by atoms with E-state index in [1.165, 1.54) is 45.0 Å². The van der Waals surface area contributed by atoms with Crippen molar-refractivity contribution >= 4 is 0 Å². The molecule has 1 unspecified atom stereocenters. The molecule has 0 aromatic carbocycles. The van der Waals surface area contributed by atoms with E-state index < -0.39 is 0 Å². The Bertz CT molecular complexity index is 390. The molecule has 0 aliphatic carbocycles. The summed E-state index contributed by atoms with van der Waals surface area (Å²) in [4.78, 5) is 5.20. The minimum atomic E-state index is 0.471. The normalized spacial score (nSPS) is 25.0. The molecule has 5 nitrogen and oxygen atoms in total. The van der Waals surface area contributed by atoms with Crippen LogP contribution in [0, 0.1) is 0 Å². The zero-order valence-electron chi connectivity index (χ0n) is 11.3. The van der Waals surface area contributed by atoms with Gasteiger partial charge in [0.1, 0.15) is 0 Å². The van der Waals surface area contributed by atoms with Crippen molar-refractivity contribution in [2.75, 3.05) is 39.3 Å². The Hall–Kier alpha value is -0.910. The third kappa shape index (κ3) is 2.18. The summed E-state index contributed by atoms with van der Waals surface area (Å²) in [5, 5.41) is 7.62. The van der Waals surface area contributed by atoms with Gasteiger partial charge < -0.3 is 5.32 Å². The van der Waals surface area contributed by atoms with E-state index in [2.05, 4.69) is 33.2 Å². The van der Waals surface area contributed by atoms with Crippen LogP contribution in [-0.2, 0) is 7.05 Å². The number of piperazine rings is 1. The molecule has 0 bridgehead atoms. The van der Waals surface area contributed by atoms with Gasteiger partial charge in [-0.25, -0.2) is 0 Å². The number of hydrogen-bond donors (Lipinski definition) is 1. The van der Waals surface area contributed by atoms with Crippen LogP contribution in [-0.4, -0.2) is 64.9 Å². The van der Waals surface area contributed by atoms with Crippen LogP contribution in [0.25, 0.3) is 0 Å². The van der Waals surface area contributed by atoms with Crippen molar-refractivity contribution in [3.63, 3.8) is 0 Å². The molecule has 1 atom stereocenters. The first-order valence-corrected chi connectivity index (χ1v) is 6.92. The number of nitrogens with zero attached hydrogens (tertiary/aromatic N) is 4. The highest BCUT2D eigenvalue weighted by Gasteiger charge is 2.29. The molecule has 0 amide bonds. The summed E-state index contributed by atoms with van der Waals surface area (Å²) in [5.74, 6) is 0. The summed E-state index contributed by atoms with van der Waals surface area (Å²) in [6, 6.07) is 3.39. The van der Waals surface area contributed by atoms with Crippen molar-refractivity contribution in [2.45, 2.75) is 19.0 Å². The molecule has 1 aromatic rings. The van der Waals surface area contributed by atoms with Gasteiger partial charge in [-0.2, -0.15) is 5.10 Å². The van der Waals surface area contributed by atoms with Crippen molar-refractivity contribution in [3.05, 3.63) is 18.0 Å².